The van der Waals surface area contributed by atoms with Crippen molar-refractivity contribution in [1.82, 2.24) is 9.88 Å². The Balaban J connectivity index is 1.44. The number of piperazine rings is 1. The lowest BCUT2D eigenvalue weighted by atomic mass is 9.87. The minimum atomic E-state index is -0.315. The minimum absolute atomic E-state index is 0.0105. The van der Waals surface area contributed by atoms with Crippen LogP contribution in [-0.4, -0.2) is 60.1 Å². The zero-order valence-electron chi connectivity index (χ0n) is 21.5. The summed E-state index contributed by atoms with van der Waals surface area (Å²) in [6.45, 7) is 10.7. The Morgan fingerprint density at radius 1 is 1.20 bits per heavy atom. The Kier molecular flexibility index (Phi) is 6.03. The molecule has 0 N–H and O–H groups in total. The molecule has 3 heterocycles. The molecule has 188 valence electrons. The number of rotatable bonds is 5. The van der Waals surface area contributed by atoms with Gasteiger partial charge in [-0.05, 0) is 44.6 Å². The maximum atomic E-state index is 13.3. The van der Waals surface area contributed by atoms with E-state index < -0.39 is 0 Å². The predicted molar refractivity (Wildman–Crippen MR) is 130 cm³/mol. The fraction of sp³-hybridized carbons (Fsp3) is 0.704. The second-order valence-corrected chi connectivity index (χ2v) is 11.5. The summed E-state index contributed by atoms with van der Waals surface area (Å²) in [5.41, 5.74) is 3.65. The summed E-state index contributed by atoms with van der Waals surface area (Å²) in [6.07, 6.45) is 3.54. The fourth-order valence-electron chi connectivity index (χ4n) is 5.76. The van der Waals surface area contributed by atoms with Gasteiger partial charge in [0, 0.05) is 37.5 Å². The lowest BCUT2D eigenvalue weighted by molar-refractivity contribution is -0.145. The fourth-order valence-corrected chi connectivity index (χ4v) is 5.76. The third-order valence-electron chi connectivity index (χ3n) is 8.09. The van der Waals surface area contributed by atoms with E-state index in [0.717, 1.165) is 35.5 Å². The number of hydrogen-bond acceptors (Lipinski definition) is 7. The highest BCUT2D eigenvalue weighted by molar-refractivity contribution is 5.90. The number of ether oxygens (including phenoxy) is 2. The highest BCUT2D eigenvalue weighted by Crippen LogP contribution is 2.46. The lowest BCUT2D eigenvalue weighted by Gasteiger charge is -2.45. The zero-order chi connectivity index (χ0) is 25.1. The predicted octanol–water partition coefficient (Wildman–Crippen LogP) is 3.16. The molecule has 5 rings (SSSR count). The molecule has 0 aromatic carbocycles. The molecule has 1 aromatic rings. The molecular weight excluding hydrogens is 444 g/mol. The molecular formula is C27H36N4O4. The van der Waals surface area contributed by atoms with Crippen molar-refractivity contribution < 1.29 is 19.1 Å². The normalized spacial score (nSPS) is 27.3. The maximum absolute atomic E-state index is 13.3. The third kappa shape index (κ3) is 4.40. The summed E-state index contributed by atoms with van der Waals surface area (Å²) in [7, 11) is 1.37. The molecule has 0 bridgehead atoms. The number of pyridine rings is 1. The number of nitriles is 1. The number of carbonyl (C=O) groups is 2. The summed E-state index contributed by atoms with van der Waals surface area (Å²) in [5, 5.41) is 10.3. The Labute approximate surface area is 207 Å². The zero-order valence-corrected chi connectivity index (χ0v) is 21.5. The van der Waals surface area contributed by atoms with Crippen LogP contribution in [0.3, 0.4) is 0 Å². The smallest absolute Gasteiger partial charge is 0.309 e. The van der Waals surface area contributed by atoms with Crippen molar-refractivity contribution in [3.8, 4) is 6.07 Å². The molecule has 2 aliphatic carbocycles. The molecule has 0 radical (unpaired) electrons. The number of methoxy groups -OCH3 is 1. The molecule has 1 amide bonds. The molecule has 4 aliphatic rings. The molecule has 35 heavy (non-hydrogen) atoms. The number of esters is 1. The molecule has 3 atom stereocenters. The van der Waals surface area contributed by atoms with Crippen molar-refractivity contribution >= 4 is 17.7 Å². The molecule has 8 heteroatoms. The van der Waals surface area contributed by atoms with Crippen molar-refractivity contribution in [3.63, 3.8) is 0 Å². The van der Waals surface area contributed by atoms with Crippen LogP contribution in [-0.2, 0) is 32.1 Å². The van der Waals surface area contributed by atoms with E-state index in [2.05, 4.69) is 38.7 Å². The summed E-state index contributed by atoms with van der Waals surface area (Å²) >= 11 is 0. The first-order chi connectivity index (χ1) is 16.6. The lowest BCUT2D eigenvalue weighted by Crippen LogP contribution is -2.58. The SMILES string of the molecule is COC(=O)[C@@H]1C[C@H]1C(=O)N1CCN(c2nc(C3CC3)c3c(c2C#N)CC(C)(C)OC3)C[C@H]1C(C)C. The molecule has 2 aliphatic heterocycles. The highest BCUT2D eigenvalue weighted by Gasteiger charge is 2.52. The molecule has 1 saturated heterocycles. The van der Waals surface area contributed by atoms with Crippen LogP contribution < -0.4 is 4.90 Å². The Morgan fingerprint density at radius 2 is 1.94 bits per heavy atom. The molecule has 8 nitrogen and oxygen atoms in total. The van der Waals surface area contributed by atoms with Gasteiger partial charge in [0.15, 0.2) is 0 Å². The molecule has 3 fully saturated rings. The first-order valence-corrected chi connectivity index (χ1v) is 12.9. The number of anilines is 1. The number of aromatic nitrogens is 1. The van der Waals surface area contributed by atoms with E-state index in [1.165, 1.54) is 7.11 Å². The monoisotopic (exact) mass is 480 g/mol. The standard InChI is InChI=1S/C27H36N4O4/c1-15(2)22-13-30(8-9-31(22)25(32)17-10-18(17)26(33)34-5)24-20(12-28)19-11-27(3,4)35-14-21(19)23(29-24)16-6-7-16/h15-18,22H,6-11,13-14H2,1-5H3/t17-,18-,22+/m1/s1. The van der Waals surface area contributed by atoms with E-state index in [9.17, 15) is 14.9 Å². The third-order valence-corrected chi connectivity index (χ3v) is 8.09. The van der Waals surface area contributed by atoms with Gasteiger partial charge in [0.2, 0.25) is 5.91 Å². The van der Waals surface area contributed by atoms with Gasteiger partial charge in [-0.25, -0.2) is 4.98 Å². The van der Waals surface area contributed by atoms with Gasteiger partial charge in [0.1, 0.15) is 11.9 Å². The van der Waals surface area contributed by atoms with Gasteiger partial charge in [-0.15, -0.1) is 0 Å². The van der Waals surface area contributed by atoms with Crippen LogP contribution >= 0.6 is 0 Å². The van der Waals surface area contributed by atoms with Crippen LogP contribution in [0.25, 0.3) is 0 Å². The van der Waals surface area contributed by atoms with Crippen LogP contribution in [0.5, 0.6) is 0 Å². The van der Waals surface area contributed by atoms with Crippen LogP contribution in [0.4, 0.5) is 5.82 Å². The van der Waals surface area contributed by atoms with Gasteiger partial charge in [0.05, 0.1) is 48.5 Å². The second-order valence-electron chi connectivity index (χ2n) is 11.5. The minimum Gasteiger partial charge on any atom is -0.469 e. The van der Waals surface area contributed by atoms with Gasteiger partial charge in [-0.1, -0.05) is 13.8 Å². The van der Waals surface area contributed by atoms with Crippen molar-refractivity contribution in [2.24, 2.45) is 17.8 Å². The van der Waals surface area contributed by atoms with Crippen LogP contribution in [0.1, 0.15) is 75.3 Å². The molecule has 0 spiro atoms. The Hall–Kier alpha value is -2.66. The van der Waals surface area contributed by atoms with Gasteiger partial charge >= 0.3 is 5.97 Å². The summed E-state index contributed by atoms with van der Waals surface area (Å²) in [5.74, 6) is 0.634. The van der Waals surface area contributed by atoms with Crippen LogP contribution in [0.2, 0.25) is 0 Å². The van der Waals surface area contributed by atoms with Gasteiger partial charge < -0.3 is 19.3 Å². The molecule has 1 aromatic heterocycles. The van der Waals surface area contributed by atoms with Crippen molar-refractivity contribution in [2.75, 3.05) is 31.6 Å². The van der Waals surface area contributed by atoms with Crippen molar-refractivity contribution in [2.45, 2.75) is 77.5 Å². The van der Waals surface area contributed by atoms with E-state index in [0.29, 0.717) is 50.6 Å². The first-order valence-electron chi connectivity index (χ1n) is 12.9. The van der Waals surface area contributed by atoms with Crippen molar-refractivity contribution in [1.29, 1.82) is 5.26 Å². The highest BCUT2D eigenvalue weighted by atomic mass is 16.5. The van der Waals surface area contributed by atoms with Gasteiger partial charge in [0.25, 0.3) is 0 Å². The Bertz CT molecular complexity index is 1090. The summed E-state index contributed by atoms with van der Waals surface area (Å²) in [4.78, 5) is 34.5. The molecule has 0 unspecified atom stereocenters. The Morgan fingerprint density at radius 3 is 2.57 bits per heavy atom. The van der Waals surface area contributed by atoms with Crippen LogP contribution in [0.15, 0.2) is 0 Å². The quantitative estimate of drug-likeness (QED) is 0.597. The average molecular weight is 481 g/mol. The molecule has 2 saturated carbocycles. The van der Waals surface area contributed by atoms with E-state index in [1.807, 2.05) is 4.90 Å². The second kappa shape index (κ2) is 8.77. The first kappa shape index (κ1) is 24.1. The number of carbonyl (C=O) groups excluding carboxylic acids is 2. The largest absolute Gasteiger partial charge is 0.469 e. The van der Waals surface area contributed by atoms with Gasteiger partial charge in [-0.3, -0.25) is 9.59 Å². The van der Waals surface area contributed by atoms with Crippen LogP contribution in [0, 0.1) is 29.1 Å². The average Bonchev–Trinajstić information content (AvgIpc) is 3.75. The van der Waals surface area contributed by atoms with E-state index in [1.54, 1.807) is 0 Å². The number of fused-ring (bicyclic) bond motifs is 1. The van der Waals surface area contributed by atoms with E-state index in [4.69, 9.17) is 14.5 Å². The summed E-state index contributed by atoms with van der Waals surface area (Å²) in [6, 6.07) is 2.47. The number of amides is 1. The number of nitrogens with zero attached hydrogens (tertiary/aromatic N) is 4. The number of hydrogen-bond donors (Lipinski definition) is 0. The van der Waals surface area contributed by atoms with E-state index in [-0.39, 0.29) is 41.3 Å². The summed E-state index contributed by atoms with van der Waals surface area (Å²) < 4.78 is 11.0. The van der Waals surface area contributed by atoms with Crippen molar-refractivity contribution in [3.05, 3.63) is 22.4 Å². The topological polar surface area (TPSA) is 95.8 Å². The van der Waals surface area contributed by atoms with Gasteiger partial charge in [-0.2, -0.15) is 5.26 Å². The van der Waals surface area contributed by atoms with E-state index >= 15 is 0 Å². The maximum Gasteiger partial charge on any atom is 0.309 e.